The Morgan fingerprint density at radius 3 is 2.70 bits per heavy atom. The van der Waals surface area contributed by atoms with Gasteiger partial charge in [0.25, 0.3) is 5.91 Å². The highest BCUT2D eigenvalue weighted by Gasteiger charge is 2.30. The Morgan fingerprint density at radius 2 is 2.13 bits per heavy atom. The second-order valence-corrected chi connectivity index (χ2v) is 7.93. The normalized spacial score (nSPS) is 19.7. The standard InChI is InChI=1S/C19H30N2O2/c1-13-16(7-6-8-17(13)20-12-19(3,4)5)18(23)21-10-9-15(11-21)14(2)22/h6-8,14-15,20,22H,9-12H2,1-5H3. The Kier molecular flexibility index (Phi) is 5.35. The number of aliphatic hydroxyl groups excluding tert-OH is 1. The van der Waals surface area contributed by atoms with Crippen LogP contribution in [-0.2, 0) is 0 Å². The molecule has 4 nitrogen and oxygen atoms in total. The van der Waals surface area contributed by atoms with Crippen molar-refractivity contribution in [1.29, 1.82) is 0 Å². The van der Waals surface area contributed by atoms with Gasteiger partial charge in [-0.15, -0.1) is 0 Å². The van der Waals surface area contributed by atoms with Gasteiger partial charge in [-0.25, -0.2) is 0 Å². The van der Waals surface area contributed by atoms with Gasteiger partial charge in [-0.05, 0) is 43.4 Å². The Morgan fingerprint density at radius 1 is 1.43 bits per heavy atom. The number of hydrogen-bond acceptors (Lipinski definition) is 3. The molecule has 1 aromatic carbocycles. The molecule has 1 aromatic rings. The summed E-state index contributed by atoms with van der Waals surface area (Å²) in [6, 6.07) is 5.86. The number of rotatable bonds is 4. The number of anilines is 1. The van der Waals surface area contributed by atoms with Gasteiger partial charge in [0.05, 0.1) is 6.10 Å². The molecule has 2 rings (SSSR count). The van der Waals surface area contributed by atoms with Crippen LogP contribution >= 0.6 is 0 Å². The molecule has 23 heavy (non-hydrogen) atoms. The van der Waals surface area contributed by atoms with E-state index in [9.17, 15) is 9.90 Å². The lowest BCUT2D eigenvalue weighted by atomic mass is 9.96. The van der Waals surface area contributed by atoms with Crippen LogP contribution in [0.1, 0.15) is 50.0 Å². The zero-order valence-corrected chi connectivity index (χ0v) is 15.0. The molecule has 1 aliphatic rings. The number of nitrogens with one attached hydrogen (secondary N) is 1. The SMILES string of the molecule is Cc1c(NCC(C)(C)C)cccc1C(=O)N1CCC(C(C)O)C1. The Hall–Kier alpha value is -1.55. The molecule has 2 N–H and O–H groups in total. The highest BCUT2D eigenvalue weighted by atomic mass is 16.3. The van der Waals surface area contributed by atoms with Gasteiger partial charge in [-0.1, -0.05) is 26.8 Å². The van der Waals surface area contributed by atoms with E-state index in [1.165, 1.54) is 0 Å². The lowest BCUT2D eigenvalue weighted by Gasteiger charge is -2.23. The molecule has 4 heteroatoms. The van der Waals surface area contributed by atoms with Crippen LogP contribution in [0.3, 0.4) is 0 Å². The summed E-state index contributed by atoms with van der Waals surface area (Å²) in [5.74, 6) is 0.270. The fourth-order valence-corrected chi connectivity index (χ4v) is 2.96. The molecule has 128 valence electrons. The molecular formula is C19H30N2O2. The van der Waals surface area contributed by atoms with Gasteiger partial charge < -0.3 is 15.3 Å². The van der Waals surface area contributed by atoms with Crippen LogP contribution in [0.25, 0.3) is 0 Å². The molecule has 2 atom stereocenters. The molecule has 0 aromatic heterocycles. The van der Waals surface area contributed by atoms with Crippen molar-refractivity contribution < 1.29 is 9.90 Å². The first kappa shape index (κ1) is 17.8. The van der Waals surface area contributed by atoms with Gasteiger partial charge in [-0.2, -0.15) is 0 Å². The highest BCUT2D eigenvalue weighted by molar-refractivity contribution is 5.97. The largest absolute Gasteiger partial charge is 0.393 e. The Bertz CT molecular complexity index is 561. The molecular weight excluding hydrogens is 288 g/mol. The molecule has 2 unspecified atom stereocenters. The number of carbonyl (C=O) groups excluding carboxylic acids is 1. The minimum atomic E-state index is -0.353. The molecule has 1 fully saturated rings. The van der Waals surface area contributed by atoms with Crippen LogP contribution < -0.4 is 5.32 Å². The number of carbonyl (C=O) groups is 1. The minimum Gasteiger partial charge on any atom is -0.393 e. The van der Waals surface area contributed by atoms with Gasteiger partial charge in [0, 0.05) is 36.8 Å². The van der Waals surface area contributed by atoms with Crippen molar-refractivity contribution in [3.8, 4) is 0 Å². The maximum atomic E-state index is 12.8. The smallest absolute Gasteiger partial charge is 0.254 e. The van der Waals surface area contributed by atoms with Crippen molar-refractivity contribution in [3.05, 3.63) is 29.3 Å². The van der Waals surface area contributed by atoms with E-state index in [1.807, 2.05) is 30.0 Å². The van der Waals surface area contributed by atoms with E-state index in [4.69, 9.17) is 0 Å². The maximum Gasteiger partial charge on any atom is 0.254 e. The zero-order valence-electron chi connectivity index (χ0n) is 15.0. The van der Waals surface area contributed by atoms with E-state index in [-0.39, 0.29) is 23.3 Å². The molecule has 1 amide bonds. The molecule has 0 bridgehead atoms. The third-order valence-corrected chi connectivity index (χ3v) is 4.57. The summed E-state index contributed by atoms with van der Waals surface area (Å²) in [4.78, 5) is 14.7. The van der Waals surface area contributed by atoms with E-state index in [2.05, 4.69) is 26.1 Å². The van der Waals surface area contributed by atoms with E-state index < -0.39 is 0 Å². The monoisotopic (exact) mass is 318 g/mol. The van der Waals surface area contributed by atoms with Gasteiger partial charge >= 0.3 is 0 Å². The van der Waals surface area contributed by atoms with Crippen molar-refractivity contribution in [2.75, 3.05) is 25.0 Å². The lowest BCUT2D eigenvalue weighted by Crippen LogP contribution is -2.31. The third-order valence-electron chi connectivity index (χ3n) is 4.57. The van der Waals surface area contributed by atoms with E-state index in [0.717, 1.165) is 36.3 Å². The minimum absolute atomic E-state index is 0.0741. The molecule has 0 aliphatic carbocycles. The van der Waals surface area contributed by atoms with Gasteiger partial charge in [0.2, 0.25) is 0 Å². The fraction of sp³-hybridized carbons (Fsp3) is 0.632. The quantitative estimate of drug-likeness (QED) is 0.895. The summed E-state index contributed by atoms with van der Waals surface area (Å²) in [6.45, 7) is 12.6. The summed E-state index contributed by atoms with van der Waals surface area (Å²) >= 11 is 0. The van der Waals surface area contributed by atoms with Crippen LogP contribution in [0.5, 0.6) is 0 Å². The molecule has 1 heterocycles. The van der Waals surface area contributed by atoms with E-state index in [0.29, 0.717) is 6.54 Å². The maximum absolute atomic E-state index is 12.8. The first-order valence-electron chi connectivity index (χ1n) is 8.50. The van der Waals surface area contributed by atoms with Gasteiger partial charge in [-0.3, -0.25) is 4.79 Å². The summed E-state index contributed by atoms with van der Waals surface area (Å²) in [5.41, 5.74) is 2.97. The zero-order chi connectivity index (χ0) is 17.2. The average molecular weight is 318 g/mol. The van der Waals surface area contributed by atoms with Crippen LogP contribution in [0.4, 0.5) is 5.69 Å². The average Bonchev–Trinajstić information content (AvgIpc) is 2.94. The topological polar surface area (TPSA) is 52.6 Å². The molecule has 1 saturated heterocycles. The number of likely N-dealkylation sites (tertiary alicyclic amines) is 1. The molecule has 0 spiro atoms. The first-order valence-corrected chi connectivity index (χ1v) is 8.50. The van der Waals surface area contributed by atoms with E-state index in [1.54, 1.807) is 6.92 Å². The fourth-order valence-electron chi connectivity index (χ4n) is 2.96. The predicted molar refractivity (Wildman–Crippen MR) is 94.8 cm³/mol. The van der Waals surface area contributed by atoms with Crippen molar-refractivity contribution in [3.63, 3.8) is 0 Å². The van der Waals surface area contributed by atoms with Crippen LogP contribution in [-0.4, -0.2) is 41.7 Å². The van der Waals surface area contributed by atoms with Crippen molar-refractivity contribution in [2.24, 2.45) is 11.3 Å². The van der Waals surface area contributed by atoms with Crippen LogP contribution in [0, 0.1) is 18.3 Å². The van der Waals surface area contributed by atoms with Crippen molar-refractivity contribution in [2.45, 2.75) is 47.1 Å². The summed E-state index contributed by atoms with van der Waals surface area (Å²) in [6.07, 6.45) is 0.526. The van der Waals surface area contributed by atoms with Gasteiger partial charge in [0.1, 0.15) is 0 Å². The third kappa shape index (κ3) is 4.47. The van der Waals surface area contributed by atoms with Crippen LogP contribution in [0.15, 0.2) is 18.2 Å². The molecule has 1 aliphatic heterocycles. The lowest BCUT2D eigenvalue weighted by molar-refractivity contribution is 0.0762. The number of benzene rings is 1. The predicted octanol–water partition coefficient (Wildman–Crippen LogP) is 3.30. The number of amides is 1. The van der Waals surface area contributed by atoms with Crippen LogP contribution in [0.2, 0.25) is 0 Å². The summed E-state index contributed by atoms with van der Waals surface area (Å²) in [7, 11) is 0. The first-order chi connectivity index (χ1) is 10.7. The second kappa shape index (κ2) is 6.91. The van der Waals surface area contributed by atoms with Crippen molar-refractivity contribution in [1.82, 2.24) is 4.90 Å². The highest BCUT2D eigenvalue weighted by Crippen LogP contribution is 2.26. The second-order valence-electron chi connectivity index (χ2n) is 7.93. The van der Waals surface area contributed by atoms with Crippen molar-refractivity contribution >= 4 is 11.6 Å². The Balaban J connectivity index is 2.12. The number of aliphatic hydroxyl groups is 1. The molecule has 0 radical (unpaired) electrons. The van der Waals surface area contributed by atoms with E-state index >= 15 is 0 Å². The molecule has 0 saturated carbocycles. The summed E-state index contributed by atoms with van der Waals surface area (Å²) in [5, 5.41) is 13.2. The summed E-state index contributed by atoms with van der Waals surface area (Å²) < 4.78 is 0. The Labute approximate surface area is 139 Å². The number of nitrogens with zero attached hydrogens (tertiary/aromatic N) is 1. The van der Waals surface area contributed by atoms with Gasteiger partial charge in [0.15, 0.2) is 0 Å². The number of hydrogen-bond donors (Lipinski definition) is 2.